The lowest BCUT2D eigenvalue weighted by Gasteiger charge is -2.22. The SMILES string of the molecule is O=C(O)ON1CCc2cn[nH]c2C1. The number of H-pyrrole nitrogens is 1. The maximum atomic E-state index is 10.2. The van der Waals surface area contributed by atoms with E-state index >= 15 is 0 Å². The Morgan fingerprint density at radius 2 is 2.62 bits per heavy atom. The van der Waals surface area contributed by atoms with Crippen LogP contribution in [-0.2, 0) is 17.8 Å². The zero-order valence-corrected chi connectivity index (χ0v) is 6.86. The van der Waals surface area contributed by atoms with E-state index in [0.717, 1.165) is 17.7 Å². The van der Waals surface area contributed by atoms with Gasteiger partial charge in [-0.05, 0) is 12.0 Å². The van der Waals surface area contributed by atoms with Gasteiger partial charge in [0.05, 0.1) is 18.4 Å². The summed E-state index contributed by atoms with van der Waals surface area (Å²) in [5, 5.41) is 16.4. The fraction of sp³-hybridized carbons (Fsp3) is 0.429. The van der Waals surface area contributed by atoms with Gasteiger partial charge in [-0.2, -0.15) is 5.10 Å². The molecule has 2 rings (SSSR count). The van der Waals surface area contributed by atoms with Crippen LogP contribution in [0.1, 0.15) is 11.3 Å². The Morgan fingerprint density at radius 3 is 3.38 bits per heavy atom. The molecule has 0 unspecified atom stereocenters. The molecule has 2 N–H and O–H groups in total. The molecule has 0 aliphatic carbocycles. The summed E-state index contributed by atoms with van der Waals surface area (Å²) in [4.78, 5) is 14.7. The smallest absolute Gasteiger partial charge is 0.448 e. The van der Waals surface area contributed by atoms with E-state index in [1.165, 1.54) is 5.06 Å². The summed E-state index contributed by atoms with van der Waals surface area (Å²) in [6.45, 7) is 1.03. The van der Waals surface area contributed by atoms with Crippen LogP contribution in [0, 0.1) is 0 Å². The Kier molecular flexibility index (Phi) is 1.90. The van der Waals surface area contributed by atoms with Crippen molar-refractivity contribution in [3.8, 4) is 0 Å². The number of nitrogens with one attached hydrogen (secondary N) is 1. The Labute approximate surface area is 74.1 Å². The molecule has 13 heavy (non-hydrogen) atoms. The van der Waals surface area contributed by atoms with Crippen molar-refractivity contribution >= 4 is 6.16 Å². The second-order valence-electron chi connectivity index (χ2n) is 2.84. The molecular weight excluding hydrogens is 174 g/mol. The molecule has 6 nitrogen and oxygen atoms in total. The van der Waals surface area contributed by atoms with Crippen molar-refractivity contribution in [1.82, 2.24) is 15.3 Å². The van der Waals surface area contributed by atoms with Gasteiger partial charge in [0, 0.05) is 6.54 Å². The first-order valence-corrected chi connectivity index (χ1v) is 3.92. The average Bonchev–Trinajstić information content (AvgIpc) is 2.49. The molecule has 0 saturated heterocycles. The first-order valence-electron chi connectivity index (χ1n) is 3.92. The van der Waals surface area contributed by atoms with Gasteiger partial charge < -0.3 is 9.94 Å². The van der Waals surface area contributed by atoms with E-state index in [2.05, 4.69) is 15.0 Å². The van der Waals surface area contributed by atoms with Gasteiger partial charge in [0.15, 0.2) is 0 Å². The largest absolute Gasteiger partial charge is 0.525 e. The quantitative estimate of drug-likeness (QED) is 0.657. The van der Waals surface area contributed by atoms with Crippen LogP contribution in [0.4, 0.5) is 4.79 Å². The first kappa shape index (κ1) is 8.06. The number of hydrogen-bond acceptors (Lipinski definition) is 4. The van der Waals surface area contributed by atoms with Crippen molar-refractivity contribution in [3.05, 3.63) is 17.5 Å². The molecule has 70 valence electrons. The van der Waals surface area contributed by atoms with Crippen LogP contribution in [-0.4, -0.2) is 33.1 Å². The van der Waals surface area contributed by atoms with Crippen molar-refractivity contribution in [3.63, 3.8) is 0 Å². The van der Waals surface area contributed by atoms with E-state index in [0.29, 0.717) is 13.1 Å². The molecule has 0 aromatic carbocycles. The predicted octanol–water partition coefficient (Wildman–Crippen LogP) is 0.377. The van der Waals surface area contributed by atoms with Crippen molar-refractivity contribution in [2.75, 3.05) is 6.54 Å². The number of hydrogen-bond donors (Lipinski definition) is 2. The number of hydroxylamine groups is 2. The van der Waals surface area contributed by atoms with Gasteiger partial charge in [-0.15, -0.1) is 5.06 Å². The molecular formula is C7H9N3O3. The monoisotopic (exact) mass is 183 g/mol. The van der Waals surface area contributed by atoms with Crippen LogP contribution in [0.2, 0.25) is 0 Å². The molecule has 0 saturated carbocycles. The number of nitrogens with zero attached hydrogens (tertiary/aromatic N) is 2. The molecule has 2 heterocycles. The topological polar surface area (TPSA) is 78.5 Å². The van der Waals surface area contributed by atoms with Gasteiger partial charge in [0.2, 0.25) is 0 Å². The lowest BCUT2D eigenvalue weighted by molar-refractivity contribution is -0.130. The Morgan fingerprint density at radius 1 is 1.77 bits per heavy atom. The number of rotatable bonds is 1. The molecule has 0 spiro atoms. The number of aromatic amines is 1. The molecule has 0 fully saturated rings. The van der Waals surface area contributed by atoms with Gasteiger partial charge in [-0.25, -0.2) is 4.79 Å². The number of fused-ring (bicyclic) bond motifs is 1. The summed E-state index contributed by atoms with van der Waals surface area (Å²) in [7, 11) is 0. The lowest BCUT2D eigenvalue weighted by Crippen LogP contribution is -2.32. The van der Waals surface area contributed by atoms with Crippen LogP contribution in [0.5, 0.6) is 0 Å². The second kappa shape index (κ2) is 3.06. The van der Waals surface area contributed by atoms with Crippen molar-refractivity contribution < 1.29 is 14.7 Å². The maximum Gasteiger partial charge on any atom is 0.525 e. The molecule has 0 bridgehead atoms. The number of aromatic nitrogens is 2. The first-order chi connectivity index (χ1) is 6.25. The predicted molar refractivity (Wildman–Crippen MR) is 41.8 cm³/mol. The molecule has 0 radical (unpaired) electrons. The van der Waals surface area contributed by atoms with Crippen LogP contribution in [0.15, 0.2) is 6.20 Å². The molecule has 1 aliphatic rings. The van der Waals surface area contributed by atoms with Crippen LogP contribution < -0.4 is 0 Å². The molecule has 0 atom stereocenters. The Bertz CT molecular complexity index is 323. The normalized spacial score (nSPS) is 16.6. The fourth-order valence-corrected chi connectivity index (χ4v) is 1.38. The third-order valence-corrected chi connectivity index (χ3v) is 1.98. The van der Waals surface area contributed by atoms with Crippen LogP contribution >= 0.6 is 0 Å². The molecule has 1 aromatic heterocycles. The van der Waals surface area contributed by atoms with Gasteiger partial charge in [-0.1, -0.05) is 0 Å². The van der Waals surface area contributed by atoms with E-state index in [9.17, 15) is 4.79 Å². The highest BCUT2D eigenvalue weighted by atomic mass is 16.8. The number of carboxylic acid groups (broad SMARTS) is 1. The highest BCUT2D eigenvalue weighted by Crippen LogP contribution is 2.15. The lowest BCUT2D eigenvalue weighted by atomic mass is 10.1. The summed E-state index contributed by atoms with van der Waals surface area (Å²) >= 11 is 0. The van der Waals surface area contributed by atoms with Gasteiger partial charge in [0.25, 0.3) is 0 Å². The summed E-state index contributed by atoms with van der Waals surface area (Å²) in [6.07, 6.45) is 1.25. The molecule has 1 aliphatic heterocycles. The number of carbonyl (C=O) groups is 1. The van der Waals surface area contributed by atoms with Gasteiger partial charge in [-0.3, -0.25) is 5.10 Å². The molecule has 1 aromatic rings. The zero-order chi connectivity index (χ0) is 9.26. The van der Waals surface area contributed by atoms with Crippen LogP contribution in [0.3, 0.4) is 0 Å². The van der Waals surface area contributed by atoms with E-state index in [-0.39, 0.29) is 0 Å². The third-order valence-electron chi connectivity index (χ3n) is 1.98. The highest BCUT2D eigenvalue weighted by Gasteiger charge is 2.20. The summed E-state index contributed by atoms with van der Waals surface area (Å²) < 4.78 is 0. The molecule has 6 heteroatoms. The Hall–Kier alpha value is -1.56. The van der Waals surface area contributed by atoms with Crippen LogP contribution in [0.25, 0.3) is 0 Å². The summed E-state index contributed by atoms with van der Waals surface area (Å²) in [5.74, 6) is 0. The Balaban J connectivity index is 2.04. The van der Waals surface area contributed by atoms with Crippen molar-refractivity contribution in [1.29, 1.82) is 0 Å². The third kappa shape index (κ3) is 1.62. The minimum absolute atomic E-state index is 0.446. The minimum atomic E-state index is -1.28. The highest BCUT2D eigenvalue weighted by molar-refractivity contribution is 5.56. The van der Waals surface area contributed by atoms with E-state index in [4.69, 9.17) is 5.11 Å². The van der Waals surface area contributed by atoms with E-state index < -0.39 is 6.16 Å². The zero-order valence-electron chi connectivity index (χ0n) is 6.86. The summed E-state index contributed by atoms with van der Waals surface area (Å²) in [5.41, 5.74) is 2.05. The minimum Gasteiger partial charge on any atom is -0.448 e. The molecule has 0 amide bonds. The maximum absolute atomic E-state index is 10.2. The second-order valence-corrected chi connectivity index (χ2v) is 2.84. The van der Waals surface area contributed by atoms with Gasteiger partial charge in [0.1, 0.15) is 0 Å². The average molecular weight is 183 g/mol. The fourth-order valence-electron chi connectivity index (χ4n) is 1.38. The van der Waals surface area contributed by atoms with Crippen molar-refractivity contribution in [2.45, 2.75) is 13.0 Å². The van der Waals surface area contributed by atoms with E-state index in [1.807, 2.05) is 0 Å². The van der Waals surface area contributed by atoms with E-state index in [1.54, 1.807) is 6.20 Å². The standard InChI is InChI=1S/C7H9N3O3/c11-7(12)13-10-2-1-5-3-8-9-6(5)4-10/h3H,1-2,4H2,(H,8,9)(H,11,12). The summed E-state index contributed by atoms with van der Waals surface area (Å²) in [6, 6.07) is 0. The van der Waals surface area contributed by atoms with Crippen molar-refractivity contribution in [2.24, 2.45) is 0 Å². The van der Waals surface area contributed by atoms with Gasteiger partial charge >= 0.3 is 6.16 Å².